The van der Waals surface area contributed by atoms with Crippen LogP contribution < -0.4 is 10.1 Å². The van der Waals surface area contributed by atoms with E-state index in [1.54, 1.807) is 7.11 Å². The quantitative estimate of drug-likeness (QED) is 0.788. The van der Waals surface area contributed by atoms with Gasteiger partial charge in [-0.2, -0.15) is 0 Å². The van der Waals surface area contributed by atoms with E-state index in [0.29, 0.717) is 0 Å². The lowest BCUT2D eigenvalue weighted by Crippen LogP contribution is -2.26. The minimum Gasteiger partial charge on any atom is -0.496 e. The summed E-state index contributed by atoms with van der Waals surface area (Å²) in [5.41, 5.74) is 2.80. The van der Waals surface area contributed by atoms with Gasteiger partial charge in [-0.05, 0) is 50.6 Å². The van der Waals surface area contributed by atoms with Crippen LogP contribution in [-0.2, 0) is 0 Å². The van der Waals surface area contributed by atoms with Crippen molar-refractivity contribution in [1.29, 1.82) is 0 Å². The summed E-state index contributed by atoms with van der Waals surface area (Å²) < 4.78 is 5.27. The van der Waals surface area contributed by atoms with Gasteiger partial charge in [-0.1, -0.05) is 6.92 Å². The van der Waals surface area contributed by atoms with Crippen LogP contribution in [0.2, 0.25) is 0 Å². The molecule has 1 aromatic rings. The van der Waals surface area contributed by atoms with Crippen LogP contribution in [0.25, 0.3) is 0 Å². The topological polar surface area (TPSA) is 38.3 Å². The molecule has 1 aromatic carbocycles. The maximum atomic E-state index is 12.5. The number of ether oxygens (including phenoxy) is 1. The van der Waals surface area contributed by atoms with E-state index >= 15 is 0 Å². The van der Waals surface area contributed by atoms with Gasteiger partial charge >= 0.3 is 0 Å². The number of nitrogens with one attached hydrogen (secondary N) is 1. The minimum absolute atomic E-state index is 0.0431. The van der Waals surface area contributed by atoms with Crippen LogP contribution in [0.15, 0.2) is 12.1 Å². The van der Waals surface area contributed by atoms with Gasteiger partial charge in [0.25, 0.3) is 0 Å². The van der Waals surface area contributed by atoms with Crippen LogP contribution in [0.5, 0.6) is 5.75 Å². The first-order chi connectivity index (χ1) is 8.54. The van der Waals surface area contributed by atoms with Crippen molar-refractivity contribution < 1.29 is 9.53 Å². The zero-order valence-electron chi connectivity index (χ0n) is 12.0. The molecule has 0 radical (unpaired) electrons. The molecular formula is C15H23NO2. The number of aryl methyl sites for hydroxylation is 2. The van der Waals surface area contributed by atoms with E-state index in [9.17, 15) is 4.79 Å². The van der Waals surface area contributed by atoms with Gasteiger partial charge in [0.1, 0.15) is 5.75 Å². The van der Waals surface area contributed by atoms with Crippen LogP contribution >= 0.6 is 0 Å². The number of hydrogen-bond acceptors (Lipinski definition) is 3. The van der Waals surface area contributed by atoms with Crippen LogP contribution in [0.1, 0.15) is 34.8 Å². The van der Waals surface area contributed by atoms with Crippen LogP contribution in [-0.4, -0.2) is 26.5 Å². The number of carbonyl (C=O) groups excluding carboxylic acids is 1. The first kappa shape index (κ1) is 14.7. The Labute approximate surface area is 110 Å². The number of benzene rings is 1. The molecule has 0 saturated carbocycles. The van der Waals surface area contributed by atoms with Gasteiger partial charge < -0.3 is 10.1 Å². The Balaban J connectivity index is 3.09. The first-order valence-electron chi connectivity index (χ1n) is 6.39. The van der Waals surface area contributed by atoms with E-state index < -0.39 is 0 Å². The molecule has 1 unspecified atom stereocenters. The van der Waals surface area contributed by atoms with Gasteiger partial charge in [-0.15, -0.1) is 0 Å². The maximum absolute atomic E-state index is 12.5. The molecule has 0 aliphatic carbocycles. The fraction of sp³-hybridized carbons (Fsp3) is 0.533. The Kier molecular flexibility index (Phi) is 5.35. The lowest BCUT2D eigenvalue weighted by molar-refractivity contribution is 0.0916. The predicted molar refractivity (Wildman–Crippen MR) is 74.5 cm³/mol. The summed E-state index contributed by atoms with van der Waals surface area (Å²) in [6.07, 6.45) is 0.851. The number of carbonyl (C=O) groups is 1. The second-order valence-electron chi connectivity index (χ2n) is 4.66. The highest BCUT2D eigenvalue weighted by molar-refractivity contribution is 5.99. The van der Waals surface area contributed by atoms with Crippen LogP contribution in [0, 0.1) is 19.8 Å². The molecule has 0 saturated heterocycles. The molecule has 3 heteroatoms. The molecule has 1 N–H and O–H groups in total. The van der Waals surface area contributed by atoms with Crippen molar-refractivity contribution in [1.82, 2.24) is 5.32 Å². The SMILES string of the molecule is CCC(CNC)C(=O)c1cc(C)c(OC)cc1C. The van der Waals surface area contributed by atoms with Crippen molar-refractivity contribution in [3.8, 4) is 5.75 Å². The molecule has 3 nitrogen and oxygen atoms in total. The summed E-state index contributed by atoms with van der Waals surface area (Å²) in [7, 11) is 3.53. The van der Waals surface area contributed by atoms with Crippen LogP contribution in [0.3, 0.4) is 0 Å². The molecule has 0 spiro atoms. The largest absolute Gasteiger partial charge is 0.496 e. The summed E-state index contributed by atoms with van der Waals surface area (Å²) in [6, 6.07) is 3.88. The summed E-state index contributed by atoms with van der Waals surface area (Å²) >= 11 is 0. The van der Waals surface area contributed by atoms with Crippen molar-refractivity contribution in [3.63, 3.8) is 0 Å². The third kappa shape index (κ3) is 3.10. The Morgan fingerprint density at radius 2 is 2.00 bits per heavy atom. The van der Waals surface area contributed by atoms with Crippen molar-refractivity contribution in [2.75, 3.05) is 20.7 Å². The second-order valence-corrected chi connectivity index (χ2v) is 4.66. The van der Waals surface area contributed by atoms with Crippen molar-refractivity contribution >= 4 is 5.78 Å². The van der Waals surface area contributed by atoms with Gasteiger partial charge in [0, 0.05) is 18.0 Å². The number of hydrogen-bond donors (Lipinski definition) is 1. The summed E-state index contributed by atoms with van der Waals surface area (Å²) in [5.74, 6) is 1.10. The average Bonchev–Trinajstić information content (AvgIpc) is 2.37. The number of rotatable bonds is 6. The number of ketones is 1. The van der Waals surface area contributed by atoms with E-state index in [0.717, 1.165) is 35.4 Å². The highest BCUT2D eigenvalue weighted by Gasteiger charge is 2.20. The fourth-order valence-electron chi connectivity index (χ4n) is 2.16. The normalized spacial score (nSPS) is 12.3. The molecule has 18 heavy (non-hydrogen) atoms. The molecule has 100 valence electrons. The smallest absolute Gasteiger partial charge is 0.167 e. The lowest BCUT2D eigenvalue weighted by Gasteiger charge is -2.16. The molecule has 0 fully saturated rings. The molecule has 0 aromatic heterocycles. The standard InChI is InChI=1S/C15H23NO2/c1-6-12(9-16-4)15(17)13-7-11(3)14(18-5)8-10(13)2/h7-8,12,16H,6,9H2,1-5H3. The van der Waals surface area contributed by atoms with E-state index in [1.165, 1.54) is 0 Å². The Hall–Kier alpha value is -1.35. The van der Waals surface area contributed by atoms with E-state index in [4.69, 9.17) is 4.74 Å². The summed E-state index contributed by atoms with van der Waals surface area (Å²) in [4.78, 5) is 12.5. The molecule has 1 atom stereocenters. The van der Waals surface area contributed by atoms with E-state index in [2.05, 4.69) is 5.32 Å². The molecule has 1 rings (SSSR count). The monoisotopic (exact) mass is 249 g/mol. The molecule has 0 bridgehead atoms. The highest BCUT2D eigenvalue weighted by Crippen LogP contribution is 2.24. The number of methoxy groups -OCH3 is 1. The highest BCUT2D eigenvalue weighted by atomic mass is 16.5. The Morgan fingerprint density at radius 1 is 1.33 bits per heavy atom. The molecular weight excluding hydrogens is 226 g/mol. The summed E-state index contributed by atoms with van der Waals surface area (Å²) in [6.45, 7) is 6.70. The van der Waals surface area contributed by atoms with Gasteiger partial charge in [0.05, 0.1) is 7.11 Å². The van der Waals surface area contributed by atoms with Crippen molar-refractivity contribution in [2.45, 2.75) is 27.2 Å². The van der Waals surface area contributed by atoms with Gasteiger partial charge in [0.15, 0.2) is 5.78 Å². The van der Waals surface area contributed by atoms with Crippen molar-refractivity contribution in [2.24, 2.45) is 5.92 Å². The minimum atomic E-state index is 0.0431. The first-order valence-corrected chi connectivity index (χ1v) is 6.39. The van der Waals surface area contributed by atoms with Crippen molar-refractivity contribution in [3.05, 3.63) is 28.8 Å². The molecule has 0 amide bonds. The van der Waals surface area contributed by atoms with Gasteiger partial charge in [-0.3, -0.25) is 4.79 Å². The molecule has 0 heterocycles. The fourth-order valence-corrected chi connectivity index (χ4v) is 2.16. The molecule has 0 aliphatic heterocycles. The third-order valence-corrected chi connectivity index (χ3v) is 3.32. The zero-order valence-corrected chi connectivity index (χ0v) is 12.0. The van der Waals surface area contributed by atoms with Gasteiger partial charge in [0.2, 0.25) is 0 Å². The maximum Gasteiger partial charge on any atom is 0.167 e. The zero-order chi connectivity index (χ0) is 13.7. The number of Topliss-reactive ketones (excluding diaryl/α,β-unsaturated/α-hetero) is 1. The van der Waals surface area contributed by atoms with E-state index in [1.807, 2.05) is 40.0 Å². The van der Waals surface area contributed by atoms with Crippen LogP contribution in [0.4, 0.5) is 0 Å². The Morgan fingerprint density at radius 3 is 2.50 bits per heavy atom. The van der Waals surface area contributed by atoms with Gasteiger partial charge in [-0.25, -0.2) is 0 Å². The van der Waals surface area contributed by atoms with E-state index in [-0.39, 0.29) is 11.7 Å². The Bertz CT molecular complexity index is 427. The third-order valence-electron chi connectivity index (χ3n) is 3.32. The molecule has 0 aliphatic rings. The predicted octanol–water partition coefficient (Wildman–Crippen LogP) is 2.74. The second kappa shape index (κ2) is 6.55. The lowest BCUT2D eigenvalue weighted by atomic mass is 9.91. The average molecular weight is 249 g/mol. The summed E-state index contributed by atoms with van der Waals surface area (Å²) in [5, 5.41) is 3.08.